The summed E-state index contributed by atoms with van der Waals surface area (Å²) < 4.78 is 26.9. The van der Waals surface area contributed by atoms with Gasteiger partial charge in [0.1, 0.15) is 12.7 Å². The third kappa shape index (κ3) is 46.7. The molecule has 0 radical (unpaired) electrons. The van der Waals surface area contributed by atoms with E-state index in [1.807, 2.05) is 0 Å². The molecule has 374 valence electrons. The van der Waals surface area contributed by atoms with Crippen LogP contribution in [-0.2, 0) is 32.7 Å². The van der Waals surface area contributed by atoms with E-state index in [2.05, 4.69) is 129 Å². The number of aliphatic carboxylic acids is 1. The lowest BCUT2D eigenvalue weighted by Gasteiger charge is -2.18. The van der Waals surface area contributed by atoms with Crippen LogP contribution in [0.2, 0.25) is 0 Å². The number of carboxylic acid groups (broad SMARTS) is 1. The largest absolute Gasteiger partial charge is 0.480 e. The lowest BCUT2D eigenvalue weighted by Crippen LogP contribution is -2.43. The van der Waals surface area contributed by atoms with E-state index in [1.165, 1.54) is 25.7 Å². The minimum Gasteiger partial charge on any atom is -0.480 e. The highest BCUT2D eigenvalue weighted by molar-refractivity contribution is 7.47. The molecule has 11 nitrogen and oxygen atoms in total. The quantitative estimate of drug-likeness (QED) is 0.0200. The van der Waals surface area contributed by atoms with Crippen LogP contribution in [0.3, 0.4) is 0 Å². The van der Waals surface area contributed by atoms with Gasteiger partial charge in [0.15, 0.2) is 6.04 Å². The Hall–Kier alpha value is -3.86. The summed E-state index contributed by atoms with van der Waals surface area (Å²) >= 11 is 0. The van der Waals surface area contributed by atoms with Crippen molar-refractivity contribution in [1.29, 1.82) is 0 Å². The number of phosphoric acid groups is 1. The molecule has 0 saturated heterocycles. The smallest absolute Gasteiger partial charge is 0.472 e. The van der Waals surface area contributed by atoms with Crippen molar-refractivity contribution < 1.29 is 47.8 Å². The molecule has 3 atom stereocenters. The number of aliphatic hydroxyl groups excluding tert-OH is 1. The fourth-order valence-corrected chi connectivity index (χ4v) is 6.98. The summed E-state index contributed by atoms with van der Waals surface area (Å²) in [6.45, 7) is 2.41. The number of nitrogens with one attached hydrogen (secondary N) is 1. The number of phosphoric ester groups is 1. The van der Waals surface area contributed by atoms with Gasteiger partial charge in [-0.1, -0.05) is 175 Å². The highest BCUT2D eigenvalue weighted by Crippen LogP contribution is 2.43. The third-order valence-corrected chi connectivity index (χ3v) is 11.0. The number of hydrogen-bond acceptors (Lipinski definition) is 8. The summed E-state index contributed by atoms with van der Waals surface area (Å²) in [6.07, 6.45) is 62.4. The molecule has 0 heterocycles. The number of amides is 1. The van der Waals surface area contributed by atoms with E-state index in [0.29, 0.717) is 12.8 Å². The zero-order chi connectivity index (χ0) is 48.4. The predicted octanol–water partition coefficient (Wildman–Crippen LogP) is 13.8. The standard InChI is InChI=1S/C54H88NO10P/c1-3-5-7-9-11-13-15-17-19-21-23-24-25-26-28-29-31-33-35-37-39-41-43-45-52(57)55-51(54(59)60)49-65-66(61,62)64-48-50(56)47-63-53(58)46-44-42-40-38-36-34-32-30-27-22-20-18-16-14-12-10-8-6-4-2/h6,8,11-14,17-20,23-24,26-28,30,34,36,50-51,56H,3-5,7,9-10,15-16,21-22,25,29,31-33,35,37-49H2,1-2H3,(H,55,57)(H,59,60)(H,61,62)/b8-6-,13-11-,14-12-,19-17-,20-18-,24-23-,28-26-,30-27-,36-34-. The lowest BCUT2D eigenvalue weighted by molar-refractivity contribution is -0.147. The summed E-state index contributed by atoms with van der Waals surface area (Å²) in [5.74, 6) is -2.44. The molecular formula is C54H88NO10P. The van der Waals surface area contributed by atoms with Crippen molar-refractivity contribution in [2.24, 2.45) is 0 Å². The number of carbonyl (C=O) groups is 3. The van der Waals surface area contributed by atoms with Crippen LogP contribution in [-0.4, -0.2) is 64.9 Å². The molecule has 12 heteroatoms. The maximum atomic E-state index is 12.4. The van der Waals surface area contributed by atoms with E-state index in [1.54, 1.807) is 0 Å². The van der Waals surface area contributed by atoms with Crippen LogP contribution >= 0.6 is 7.82 Å². The monoisotopic (exact) mass is 942 g/mol. The number of carbonyl (C=O) groups excluding carboxylic acids is 2. The van der Waals surface area contributed by atoms with Gasteiger partial charge in [-0.25, -0.2) is 9.36 Å². The Morgan fingerprint density at radius 1 is 0.500 bits per heavy atom. The zero-order valence-corrected chi connectivity index (χ0v) is 41.6. The van der Waals surface area contributed by atoms with E-state index in [0.717, 1.165) is 116 Å². The van der Waals surface area contributed by atoms with Crippen LogP contribution in [0.1, 0.15) is 181 Å². The van der Waals surface area contributed by atoms with E-state index in [9.17, 15) is 34.1 Å². The molecule has 1 amide bonds. The van der Waals surface area contributed by atoms with Gasteiger partial charge < -0.3 is 25.2 Å². The van der Waals surface area contributed by atoms with Crippen molar-refractivity contribution in [3.8, 4) is 0 Å². The topological polar surface area (TPSA) is 169 Å². The maximum Gasteiger partial charge on any atom is 0.472 e. The molecule has 0 aliphatic rings. The highest BCUT2D eigenvalue weighted by Gasteiger charge is 2.28. The number of esters is 1. The van der Waals surface area contributed by atoms with Gasteiger partial charge in [-0.3, -0.25) is 18.6 Å². The van der Waals surface area contributed by atoms with Gasteiger partial charge in [-0.05, 0) is 103 Å². The van der Waals surface area contributed by atoms with Crippen LogP contribution in [0.25, 0.3) is 0 Å². The Morgan fingerprint density at radius 2 is 0.879 bits per heavy atom. The fourth-order valence-electron chi connectivity index (χ4n) is 6.21. The van der Waals surface area contributed by atoms with Crippen LogP contribution < -0.4 is 5.32 Å². The molecule has 0 rings (SSSR count). The van der Waals surface area contributed by atoms with Gasteiger partial charge in [0.25, 0.3) is 0 Å². The minimum atomic E-state index is -4.78. The average molecular weight is 942 g/mol. The van der Waals surface area contributed by atoms with Crippen LogP contribution in [0.5, 0.6) is 0 Å². The summed E-state index contributed by atoms with van der Waals surface area (Å²) in [5.41, 5.74) is 0. The number of carboxylic acids is 1. The summed E-state index contributed by atoms with van der Waals surface area (Å²) in [4.78, 5) is 46.1. The van der Waals surface area contributed by atoms with Crippen LogP contribution in [0, 0.1) is 0 Å². The van der Waals surface area contributed by atoms with Gasteiger partial charge in [0.05, 0.1) is 13.2 Å². The summed E-state index contributed by atoms with van der Waals surface area (Å²) in [5, 5.41) is 21.9. The van der Waals surface area contributed by atoms with Gasteiger partial charge in [-0.15, -0.1) is 0 Å². The molecule has 0 aliphatic carbocycles. The molecule has 0 aromatic carbocycles. The fraction of sp³-hybridized carbons (Fsp3) is 0.611. The van der Waals surface area contributed by atoms with Crippen molar-refractivity contribution in [3.05, 3.63) is 109 Å². The van der Waals surface area contributed by atoms with Crippen molar-refractivity contribution in [1.82, 2.24) is 5.32 Å². The van der Waals surface area contributed by atoms with E-state index in [-0.39, 0.29) is 12.8 Å². The number of unbranched alkanes of at least 4 members (excludes halogenated alkanes) is 13. The lowest BCUT2D eigenvalue weighted by atomic mass is 10.1. The molecular weight excluding hydrogens is 854 g/mol. The number of aliphatic hydroxyl groups is 1. The summed E-state index contributed by atoms with van der Waals surface area (Å²) in [7, 11) is -4.78. The van der Waals surface area contributed by atoms with Gasteiger partial charge >= 0.3 is 19.8 Å². The van der Waals surface area contributed by atoms with Gasteiger partial charge in [-0.2, -0.15) is 0 Å². The highest BCUT2D eigenvalue weighted by atomic mass is 31.2. The van der Waals surface area contributed by atoms with Crippen molar-refractivity contribution in [2.75, 3.05) is 19.8 Å². The van der Waals surface area contributed by atoms with Crippen molar-refractivity contribution >= 4 is 25.7 Å². The molecule has 4 N–H and O–H groups in total. The zero-order valence-electron chi connectivity index (χ0n) is 40.7. The molecule has 0 fully saturated rings. The number of hydrogen-bond donors (Lipinski definition) is 4. The Bertz CT molecular complexity index is 1530. The molecule has 0 bridgehead atoms. The first-order valence-corrected chi connectivity index (χ1v) is 26.4. The molecule has 0 saturated carbocycles. The molecule has 0 aromatic heterocycles. The second-order valence-electron chi connectivity index (χ2n) is 16.3. The Balaban J connectivity index is 3.95. The first-order chi connectivity index (χ1) is 32.1. The molecule has 0 spiro atoms. The van der Waals surface area contributed by atoms with Crippen molar-refractivity contribution in [3.63, 3.8) is 0 Å². The first-order valence-electron chi connectivity index (χ1n) is 24.9. The maximum absolute atomic E-state index is 12.4. The minimum absolute atomic E-state index is 0.124. The number of rotatable bonds is 45. The molecule has 3 unspecified atom stereocenters. The third-order valence-electron chi connectivity index (χ3n) is 10.0. The summed E-state index contributed by atoms with van der Waals surface area (Å²) in [6, 6.07) is -1.57. The Morgan fingerprint density at radius 3 is 1.33 bits per heavy atom. The van der Waals surface area contributed by atoms with E-state index in [4.69, 9.17) is 13.8 Å². The molecule has 0 aromatic rings. The second-order valence-corrected chi connectivity index (χ2v) is 17.7. The van der Waals surface area contributed by atoms with Crippen molar-refractivity contribution in [2.45, 2.75) is 193 Å². The first kappa shape index (κ1) is 62.1. The van der Waals surface area contributed by atoms with Crippen LogP contribution in [0.15, 0.2) is 109 Å². The Labute approximate surface area is 399 Å². The van der Waals surface area contributed by atoms with Gasteiger partial charge in [0.2, 0.25) is 5.91 Å². The molecule has 66 heavy (non-hydrogen) atoms. The van der Waals surface area contributed by atoms with E-state index < -0.39 is 57.6 Å². The number of ether oxygens (including phenoxy) is 1. The average Bonchev–Trinajstić information content (AvgIpc) is 3.29. The number of allylic oxidation sites excluding steroid dienone is 18. The van der Waals surface area contributed by atoms with Gasteiger partial charge in [0, 0.05) is 12.8 Å². The predicted molar refractivity (Wildman–Crippen MR) is 272 cm³/mol. The normalized spacial score (nSPS) is 14.5. The molecule has 0 aliphatic heterocycles. The Kier molecular flexibility index (Phi) is 44.8. The van der Waals surface area contributed by atoms with E-state index >= 15 is 0 Å². The second kappa shape index (κ2) is 47.6. The SMILES string of the molecule is CC/C=C\C/C=C\C/C=C\C/C=C\C/C=C\CCCCCC(=O)OCC(O)COP(=O)(O)OCC(NC(=O)CCCCCCCCC/C=C\C/C=C\C/C=C\C/C=C\CCCCC)C(=O)O. The van der Waals surface area contributed by atoms with Crippen LogP contribution in [0.4, 0.5) is 0 Å².